The molecule has 2 aromatic rings. The van der Waals surface area contributed by atoms with Gasteiger partial charge < -0.3 is 9.15 Å². The number of methoxy groups -OCH3 is 1. The Kier molecular flexibility index (Phi) is 3.27. The third-order valence-corrected chi connectivity index (χ3v) is 4.42. The first-order chi connectivity index (χ1) is 10.3. The van der Waals surface area contributed by atoms with E-state index >= 15 is 0 Å². The molecule has 112 valence electrons. The first kappa shape index (κ1) is 13.0. The first-order valence-electron chi connectivity index (χ1n) is 7.55. The standard InChI is InChI=1S/C15H20N4O2/c1-20-12-7-13(15-16-14(17-18-15)10-4-5-10)19(9-12)8-11-3-2-6-21-11/h2-3,6,10,12-13H,4-5,7-9H2,1H3,(H,16,17,18)/t12-,13+/m1/s1. The Morgan fingerprint density at radius 2 is 2.38 bits per heavy atom. The van der Waals surface area contributed by atoms with Gasteiger partial charge in [0.1, 0.15) is 11.6 Å². The molecule has 4 rings (SSSR count). The van der Waals surface area contributed by atoms with Gasteiger partial charge in [0, 0.05) is 19.6 Å². The van der Waals surface area contributed by atoms with E-state index in [-0.39, 0.29) is 12.1 Å². The predicted molar refractivity (Wildman–Crippen MR) is 75.6 cm³/mol. The summed E-state index contributed by atoms with van der Waals surface area (Å²) >= 11 is 0. The summed E-state index contributed by atoms with van der Waals surface area (Å²) in [4.78, 5) is 7.06. The van der Waals surface area contributed by atoms with Gasteiger partial charge in [0.15, 0.2) is 5.82 Å². The normalized spacial score (nSPS) is 26.5. The van der Waals surface area contributed by atoms with Gasteiger partial charge in [-0.15, -0.1) is 0 Å². The number of H-pyrrole nitrogens is 1. The average molecular weight is 288 g/mol. The first-order valence-corrected chi connectivity index (χ1v) is 7.55. The van der Waals surface area contributed by atoms with Crippen LogP contribution in [0.2, 0.25) is 0 Å². The number of aromatic nitrogens is 3. The van der Waals surface area contributed by atoms with Gasteiger partial charge in [0.25, 0.3) is 0 Å². The number of furan rings is 1. The van der Waals surface area contributed by atoms with Crippen LogP contribution >= 0.6 is 0 Å². The molecular weight excluding hydrogens is 268 g/mol. The quantitative estimate of drug-likeness (QED) is 0.914. The largest absolute Gasteiger partial charge is 0.468 e. The average Bonchev–Trinajstić information content (AvgIpc) is 2.95. The molecule has 1 saturated heterocycles. The van der Waals surface area contributed by atoms with Gasteiger partial charge in [-0.1, -0.05) is 0 Å². The molecule has 3 heterocycles. The summed E-state index contributed by atoms with van der Waals surface area (Å²) < 4.78 is 11.0. The molecule has 0 bridgehead atoms. The van der Waals surface area contributed by atoms with E-state index in [9.17, 15) is 0 Å². The van der Waals surface area contributed by atoms with Crippen molar-refractivity contribution < 1.29 is 9.15 Å². The molecular formula is C15H20N4O2. The summed E-state index contributed by atoms with van der Waals surface area (Å²) in [5.41, 5.74) is 0. The van der Waals surface area contributed by atoms with Crippen molar-refractivity contribution in [2.75, 3.05) is 13.7 Å². The summed E-state index contributed by atoms with van der Waals surface area (Å²) in [5.74, 6) is 3.48. The van der Waals surface area contributed by atoms with Gasteiger partial charge in [0.2, 0.25) is 0 Å². The highest BCUT2D eigenvalue weighted by Crippen LogP contribution is 2.39. The van der Waals surface area contributed by atoms with Crippen molar-refractivity contribution in [1.29, 1.82) is 0 Å². The van der Waals surface area contributed by atoms with Crippen molar-refractivity contribution in [3.8, 4) is 0 Å². The molecule has 2 aliphatic rings. The molecule has 0 radical (unpaired) electrons. The minimum absolute atomic E-state index is 0.222. The highest BCUT2D eigenvalue weighted by atomic mass is 16.5. The van der Waals surface area contributed by atoms with Crippen LogP contribution in [0.1, 0.15) is 48.6 Å². The summed E-state index contributed by atoms with van der Waals surface area (Å²) in [6.07, 6.45) is 5.33. The highest BCUT2D eigenvalue weighted by Gasteiger charge is 2.37. The van der Waals surface area contributed by atoms with Gasteiger partial charge in [0.05, 0.1) is 25.0 Å². The molecule has 21 heavy (non-hydrogen) atoms. The highest BCUT2D eigenvalue weighted by molar-refractivity contribution is 5.09. The predicted octanol–water partition coefficient (Wildman–Crippen LogP) is 2.24. The molecule has 1 aliphatic heterocycles. The fraction of sp³-hybridized carbons (Fsp3) is 0.600. The van der Waals surface area contributed by atoms with Crippen LogP contribution in [0.3, 0.4) is 0 Å². The number of rotatable bonds is 5. The van der Waals surface area contributed by atoms with Crippen molar-refractivity contribution in [1.82, 2.24) is 20.1 Å². The van der Waals surface area contributed by atoms with E-state index < -0.39 is 0 Å². The van der Waals surface area contributed by atoms with E-state index in [1.165, 1.54) is 12.8 Å². The Balaban J connectivity index is 1.54. The third-order valence-electron chi connectivity index (χ3n) is 4.42. The summed E-state index contributed by atoms with van der Waals surface area (Å²) in [6, 6.07) is 4.15. The molecule has 2 aromatic heterocycles. The minimum Gasteiger partial charge on any atom is -0.468 e. The van der Waals surface area contributed by atoms with Crippen molar-refractivity contribution in [3.05, 3.63) is 35.8 Å². The van der Waals surface area contributed by atoms with Crippen LogP contribution < -0.4 is 0 Å². The monoisotopic (exact) mass is 288 g/mol. The van der Waals surface area contributed by atoms with Crippen LogP contribution in [-0.2, 0) is 11.3 Å². The molecule has 2 fully saturated rings. The molecule has 0 spiro atoms. The van der Waals surface area contributed by atoms with Gasteiger partial charge in [-0.2, -0.15) is 5.10 Å². The molecule has 6 heteroatoms. The number of likely N-dealkylation sites (tertiary alicyclic amines) is 1. The SMILES string of the molecule is CO[C@@H]1C[C@@H](c2nc(C3CC3)n[nH]2)N(Cc2ccco2)C1. The summed E-state index contributed by atoms with van der Waals surface area (Å²) in [7, 11) is 1.77. The number of nitrogens with zero attached hydrogens (tertiary/aromatic N) is 3. The Hall–Kier alpha value is -1.66. The zero-order valence-electron chi connectivity index (χ0n) is 12.2. The van der Waals surface area contributed by atoms with Gasteiger partial charge in [-0.05, 0) is 31.4 Å². The number of hydrogen-bond donors (Lipinski definition) is 1. The van der Waals surface area contributed by atoms with Crippen molar-refractivity contribution >= 4 is 0 Å². The lowest BCUT2D eigenvalue weighted by molar-refractivity contribution is 0.106. The lowest BCUT2D eigenvalue weighted by Gasteiger charge is -2.20. The molecule has 1 N–H and O–H groups in total. The van der Waals surface area contributed by atoms with Gasteiger partial charge >= 0.3 is 0 Å². The lowest BCUT2D eigenvalue weighted by Crippen LogP contribution is -2.25. The second kappa shape index (κ2) is 5.27. The molecule has 1 aliphatic carbocycles. The zero-order chi connectivity index (χ0) is 14.2. The topological polar surface area (TPSA) is 67.2 Å². The van der Waals surface area contributed by atoms with Crippen LogP contribution in [0.25, 0.3) is 0 Å². The maximum absolute atomic E-state index is 5.54. The van der Waals surface area contributed by atoms with E-state index in [1.807, 2.05) is 12.1 Å². The Morgan fingerprint density at radius 3 is 3.10 bits per heavy atom. The number of nitrogens with one attached hydrogen (secondary N) is 1. The van der Waals surface area contributed by atoms with E-state index in [2.05, 4.69) is 15.1 Å². The van der Waals surface area contributed by atoms with Gasteiger partial charge in [-0.25, -0.2) is 4.98 Å². The molecule has 0 aromatic carbocycles. The van der Waals surface area contributed by atoms with Crippen LogP contribution in [0.5, 0.6) is 0 Å². The molecule has 0 unspecified atom stereocenters. The van der Waals surface area contributed by atoms with E-state index in [1.54, 1.807) is 13.4 Å². The second-order valence-electron chi connectivity index (χ2n) is 5.97. The number of hydrogen-bond acceptors (Lipinski definition) is 5. The summed E-state index contributed by atoms with van der Waals surface area (Å²) in [5, 5.41) is 7.51. The van der Waals surface area contributed by atoms with Crippen molar-refractivity contribution in [2.45, 2.75) is 43.9 Å². The third kappa shape index (κ3) is 2.61. The Morgan fingerprint density at radius 1 is 1.48 bits per heavy atom. The lowest BCUT2D eigenvalue weighted by atomic mass is 10.2. The van der Waals surface area contributed by atoms with Gasteiger partial charge in [-0.3, -0.25) is 10.00 Å². The Bertz CT molecular complexity index is 591. The van der Waals surface area contributed by atoms with E-state index in [4.69, 9.17) is 14.1 Å². The van der Waals surface area contributed by atoms with E-state index in [0.29, 0.717) is 5.92 Å². The molecule has 0 amide bonds. The van der Waals surface area contributed by atoms with Crippen LogP contribution in [0, 0.1) is 0 Å². The minimum atomic E-state index is 0.222. The number of ether oxygens (including phenoxy) is 1. The molecule has 6 nitrogen and oxygen atoms in total. The van der Waals surface area contributed by atoms with Crippen molar-refractivity contribution in [3.63, 3.8) is 0 Å². The van der Waals surface area contributed by atoms with Crippen LogP contribution in [0.4, 0.5) is 0 Å². The van der Waals surface area contributed by atoms with E-state index in [0.717, 1.165) is 36.9 Å². The molecule has 2 atom stereocenters. The second-order valence-corrected chi connectivity index (χ2v) is 5.97. The van der Waals surface area contributed by atoms with Crippen LogP contribution in [-0.4, -0.2) is 39.8 Å². The van der Waals surface area contributed by atoms with Crippen LogP contribution in [0.15, 0.2) is 22.8 Å². The zero-order valence-corrected chi connectivity index (χ0v) is 12.2. The molecule has 1 saturated carbocycles. The summed E-state index contributed by atoms with van der Waals surface area (Å²) in [6.45, 7) is 1.66. The number of aromatic amines is 1. The van der Waals surface area contributed by atoms with Crippen molar-refractivity contribution in [2.24, 2.45) is 0 Å². The Labute approximate surface area is 123 Å². The fourth-order valence-electron chi connectivity index (χ4n) is 3.06. The maximum Gasteiger partial charge on any atom is 0.153 e. The fourth-order valence-corrected chi connectivity index (χ4v) is 3.06. The maximum atomic E-state index is 5.54. The smallest absolute Gasteiger partial charge is 0.153 e.